The van der Waals surface area contributed by atoms with E-state index in [-0.39, 0.29) is 54.5 Å². The normalized spacial score (nSPS) is 19.3. The van der Waals surface area contributed by atoms with Crippen LogP contribution in [0.2, 0.25) is 40.2 Å². The number of carbonyl (C=O) groups excluding carboxylic acids is 4. The van der Waals surface area contributed by atoms with Crippen molar-refractivity contribution in [2.75, 3.05) is 70.7 Å². The second-order valence-electron chi connectivity index (χ2n) is 20.0. The van der Waals surface area contributed by atoms with E-state index in [1.165, 1.54) is 0 Å². The Kier molecular flexibility index (Phi) is 29.7. The number of nitrogens with one attached hydrogen (secondary N) is 6. The first-order valence-electron chi connectivity index (χ1n) is 27.5. The zero-order valence-electron chi connectivity index (χ0n) is 49.7. The lowest BCUT2D eigenvalue weighted by Gasteiger charge is -2.21. The van der Waals surface area contributed by atoms with Crippen molar-refractivity contribution < 1.29 is 47.6 Å². The average molecular weight is 1490 g/mol. The molecule has 0 bridgehead atoms. The lowest BCUT2D eigenvalue weighted by Crippen LogP contribution is -2.44. The van der Waals surface area contributed by atoms with Crippen LogP contribution in [0.25, 0.3) is 0 Å². The van der Waals surface area contributed by atoms with Gasteiger partial charge in [0, 0.05) is 76.4 Å². The fraction of sp³-hybridized carbons (Fsp3) is 0.429. The predicted octanol–water partition coefficient (Wildman–Crippen LogP) is 11.9. The minimum absolute atomic E-state index is 0. The predicted molar refractivity (Wildman–Crippen MR) is 376 cm³/mol. The summed E-state index contributed by atoms with van der Waals surface area (Å²) < 4.78 is 31.0. The maximum Gasteiger partial charge on any atom is 0.337 e. The summed E-state index contributed by atoms with van der Waals surface area (Å²) in [5.41, 5.74) is 17.8. The van der Waals surface area contributed by atoms with Gasteiger partial charge < -0.3 is 61.2 Å². The number of amides is 2. The molecule has 8 aliphatic rings. The van der Waals surface area contributed by atoms with Gasteiger partial charge in [0.25, 0.3) is 5.91 Å². The molecular formula is C56H64BCl8N12O10S4. The molecule has 8 aliphatic heterocycles. The minimum atomic E-state index is -0.749. The lowest BCUT2D eigenvalue weighted by molar-refractivity contribution is -0.169. The molecule has 0 spiro atoms. The van der Waals surface area contributed by atoms with Gasteiger partial charge in [-0.15, -0.1) is 47.0 Å². The number of nitrogens with two attached hydrogens (primary N) is 2. The minimum Gasteiger partial charge on any atom is -0.465 e. The van der Waals surface area contributed by atoms with Crippen molar-refractivity contribution in [3.63, 3.8) is 0 Å². The number of nitrogens with zero attached hydrogens (tertiary/aromatic N) is 4. The van der Waals surface area contributed by atoms with Gasteiger partial charge in [0.15, 0.2) is 35.7 Å². The molecule has 4 aromatic rings. The quantitative estimate of drug-likeness (QED) is 0.0657. The number of esters is 2. The van der Waals surface area contributed by atoms with Crippen LogP contribution in [0.4, 0.5) is 22.7 Å². The van der Waals surface area contributed by atoms with E-state index in [1.54, 1.807) is 112 Å². The van der Waals surface area contributed by atoms with Gasteiger partial charge in [-0.1, -0.05) is 92.8 Å². The van der Waals surface area contributed by atoms with E-state index in [0.29, 0.717) is 103 Å². The van der Waals surface area contributed by atoms with Gasteiger partial charge in [-0.2, -0.15) is 0 Å². The molecule has 12 rings (SSSR count). The summed E-state index contributed by atoms with van der Waals surface area (Å²) >= 11 is 54.5. The Morgan fingerprint density at radius 3 is 1.20 bits per heavy atom. The number of aliphatic imine (C=N–C) groups is 4. The summed E-state index contributed by atoms with van der Waals surface area (Å²) in [6, 6.07) is 14.2. The Morgan fingerprint density at radius 1 is 0.505 bits per heavy atom. The van der Waals surface area contributed by atoms with Gasteiger partial charge >= 0.3 is 11.9 Å². The van der Waals surface area contributed by atoms with Crippen LogP contribution in [-0.4, -0.2) is 138 Å². The Labute approximate surface area is 585 Å². The first-order valence-corrected chi connectivity index (χ1v) is 34.7. The number of halogens is 8. The van der Waals surface area contributed by atoms with Crippen molar-refractivity contribution >= 4 is 219 Å². The van der Waals surface area contributed by atoms with Gasteiger partial charge in [-0.05, 0) is 90.1 Å². The highest BCUT2D eigenvalue weighted by atomic mass is 35.5. The van der Waals surface area contributed by atoms with Crippen molar-refractivity contribution in [2.24, 2.45) is 31.4 Å². The summed E-state index contributed by atoms with van der Waals surface area (Å²) in [4.78, 5) is 62.8. The van der Waals surface area contributed by atoms with Crippen molar-refractivity contribution in [2.45, 2.75) is 101 Å². The first-order chi connectivity index (χ1) is 42.8. The molecule has 2 unspecified atom stereocenters. The van der Waals surface area contributed by atoms with Crippen LogP contribution < -0.4 is 43.4 Å². The zero-order valence-corrected chi connectivity index (χ0v) is 59.0. The number of carbonyl (C=O) groups is 4. The molecule has 10 N–H and O–H groups in total. The molecule has 4 fully saturated rings. The average Bonchev–Trinajstić information content (AvgIpc) is 1.88. The van der Waals surface area contributed by atoms with Gasteiger partial charge in [-0.25, -0.2) is 29.6 Å². The van der Waals surface area contributed by atoms with E-state index in [4.69, 9.17) is 133 Å². The van der Waals surface area contributed by atoms with E-state index in [9.17, 15) is 19.2 Å². The summed E-state index contributed by atoms with van der Waals surface area (Å²) in [5.74, 6) is 3.68. The SMILES string of the molecule is CC1(C)OCC(C(=O)NC2=NCc3c(ccc(Cl)c3Cl)N2)O1.CCOC(=O)C1COC(C)(C)O1.CCOC(=O)C1SCCS1.NC1=NCc2c(ccc(Cl)c2Cl)N1.NC1=NCc2c(ccc(Cl)c2Cl)N1.O=C(NC1=NCc2c(ccc(Cl)c2Cl)N1)C1SCCS1.[B]. The summed E-state index contributed by atoms with van der Waals surface area (Å²) in [5, 5.41) is 21.6. The zero-order chi connectivity index (χ0) is 65.5. The molecule has 4 aromatic carbocycles. The van der Waals surface area contributed by atoms with Gasteiger partial charge in [0.1, 0.15) is 9.16 Å². The molecule has 0 aromatic heterocycles. The number of rotatable bonds is 6. The molecule has 3 radical (unpaired) electrons. The van der Waals surface area contributed by atoms with Crippen LogP contribution in [0.15, 0.2) is 68.5 Å². The van der Waals surface area contributed by atoms with Crippen LogP contribution in [0.5, 0.6) is 0 Å². The number of fused-ring (bicyclic) bond motifs is 4. The number of hydrogen-bond acceptors (Lipinski definition) is 24. The highest BCUT2D eigenvalue weighted by molar-refractivity contribution is 8.21. The number of anilines is 4. The monoisotopic (exact) mass is 1480 g/mol. The van der Waals surface area contributed by atoms with Crippen molar-refractivity contribution in [3.8, 4) is 0 Å². The topological polar surface area (TPSA) is 297 Å². The molecule has 91 heavy (non-hydrogen) atoms. The number of hydrogen-bond donors (Lipinski definition) is 8. The van der Waals surface area contributed by atoms with Gasteiger partial charge in [-0.3, -0.25) is 20.2 Å². The lowest BCUT2D eigenvalue weighted by atomic mass is 10.1. The standard InChI is InChI=1S/C14H15Cl2N3O3.C12H11Cl2N3OS2.2C8H7Cl2N3.C8H14O4.C6H10O2S2.B/c1-14(2)21-6-10(22-14)12(20)19-13-17-5-7-9(18-13)4-3-8(15)11(7)16;13-7-1-2-8-6(9(7)14)5-15-12(16-8)17-10(18)11-19-3-4-20-11;2*9-5-1-2-6-4(7(5)10)3-12-8(11)13-6;1-4-10-7(9)6-5-11-8(2,3)12-6;1-2-8-5(7)6-9-3-4-10-6;/h3-4,10H,5-6H2,1-2H3,(H2,17,18,19,20);1-2,11H,3-5H2,(H2,15,16,17,18);2*1-2H,3H2,(H3,11,12,13);6H,4-5H2,1-3H3;6H,2-4H2,1H3;. The molecule has 8 heterocycles. The van der Waals surface area contributed by atoms with Crippen molar-refractivity contribution in [1.82, 2.24) is 10.6 Å². The highest BCUT2D eigenvalue weighted by Gasteiger charge is 2.39. The fourth-order valence-corrected chi connectivity index (χ4v) is 15.1. The first kappa shape index (κ1) is 75.9. The smallest absolute Gasteiger partial charge is 0.337 e. The molecule has 22 nitrogen and oxygen atoms in total. The third kappa shape index (κ3) is 22.0. The van der Waals surface area contributed by atoms with Crippen LogP contribution in [0.1, 0.15) is 63.8 Å². The summed E-state index contributed by atoms with van der Waals surface area (Å²) in [6.07, 6.45) is -1.21. The molecular weight excluding hydrogens is 1420 g/mol. The molecule has 0 aliphatic carbocycles. The van der Waals surface area contributed by atoms with Crippen LogP contribution in [-0.2, 0) is 73.8 Å². The van der Waals surface area contributed by atoms with Crippen LogP contribution >= 0.6 is 140 Å². The van der Waals surface area contributed by atoms with Crippen molar-refractivity contribution in [1.29, 1.82) is 0 Å². The largest absolute Gasteiger partial charge is 0.465 e. The Bertz CT molecular complexity index is 3350. The molecule has 2 amide bonds. The second-order valence-corrected chi connectivity index (χ2v) is 28.6. The number of benzene rings is 4. The van der Waals surface area contributed by atoms with Crippen LogP contribution in [0, 0.1) is 0 Å². The molecule has 4 saturated heterocycles. The molecule has 491 valence electrons. The highest BCUT2D eigenvalue weighted by Crippen LogP contribution is 2.38. The van der Waals surface area contributed by atoms with Crippen molar-refractivity contribution in [3.05, 3.63) is 111 Å². The fourth-order valence-electron chi connectivity index (χ4n) is 8.37. The second kappa shape index (κ2) is 35.6. The third-order valence-electron chi connectivity index (χ3n) is 12.7. The third-order valence-corrected chi connectivity index (χ3v) is 22.0. The van der Waals surface area contributed by atoms with E-state index in [0.717, 1.165) is 68.0 Å². The Balaban J connectivity index is 0.000000177. The number of guanidine groups is 4. The van der Waals surface area contributed by atoms with E-state index in [2.05, 4.69) is 51.9 Å². The molecule has 2 atom stereocenters. The Morgan fingerprint density at radius 2 is 0.835 bits per heavy atom. The Hall–Kier alpha value is -4.14. The van der Waals surface area contributed by atoms with Gasteiger partial charge in [0.05, 0.1) is 92.8 Å². The van der Waals surface area contributed by atoms with Crippen LogP contribution in [0.3, 0.4) is 0 Å². The van der Waals surface area contributed by atoms with E-state index < -0.39 is 23.8 Å². The maximum absolute atomic E-state index is 12.2. The maximum atomic E-state index is 12.2. The molecule has 0 saturated carbocycles. The van der Waals surface area contributed by atoms with E-state index >= 15 is 0 Å². The summed E-state index contributed by atoms with van der Waals surface area (Å²) in [6.45, 7) is 13.7. The van der Waals surface area contributed by atoms with E-state index in [1.807, 2.05) is 25.1 Å². The summed E-state index contributed by atoms with van der Waals surface area (Å²) in [7, 11) is 0. The van der Waals surface area contributed by atoms with Gasteiger partial charge in [0.2, 0.25) is 17.8 Å². The number of ether oxygens (including phenoxy) is 6. The number of thioether (sulfide) groups is 4. The molecule has 35 heteroatoms.